The first kappa shape index (κ1) is 17.3. The van der Waals surface area contributed by atoms with Gasteiger partial charge in [0.1, 0.15) is 17.0 Å². The maximum Gasteiger partial charge on any atom is 0.159 e. The number of aromatic nitrogens is 2. The molecule has 0 bridgehead atoms. The van der Waals surface area contributed by atoms with Crippen LogP contribution in [0, 0.1) is 0 Å². The number of hydrogen-bond acceptors (Lipinski definition) is 6. The number of Topliss-reactive ketones (excluding diaryl/α,β-unsaturated/α-hetero) is 1. The van der Waals surface area contributed by atoms with Gasteiger partial charge >= 0.3 is 0 Å². The van der Waals surface area contributed by atoms with Gasteiger partial charge in [-0.3, -0.25) is 4.79 Å². The number of nitrogens with zero attached hydrogens (tertiary/aromatic N) is 2. The van der Waals surface area contributed by atoms with Gasteiger partial charge in [-0.1, -0.05) is 35.5 Å². The van der Waals surface area contributed by atoms with Crippen LogP contribution in [-0.4, -0.2) is 15.8 Å². The van der Waals surface area contributed by atoms with Crippen molar-refractivity contribution in [2.75, 3.05) is 11.1 Å². The Morgan fingerprint density at radius 2 is 1.92 bits per heavy atom. The SMILES string of the molecule is CC(=O)c1cccc(Nc2ncnc(Sc3ccc(Cl)cc3)c2N)c1. The monoisotopic (exact) mass is 370 g/mol. The van der Waals surface area contributed by atoms with E-state index in [1.807, 2.05) is 30.3 Å². The lowest BCUT2D eigenvalue weighted by Crippen LogP contribution is -2.03. The van der Waals surface area contributed by atoms with Gasteiger partial charge in [0.25, 0.3) is 0 Å². The topological polar surface area (TPSA) is 80.9 Å². The number of nitrogens with one attached hydrogen (secondary N) is 1. The van der Waals surface area contributed by atoms with Crippen LogP contribution in [0.1, 0.15) is 17.3 Å². The average Bonchev–Trinajstić information content (AvgIpc) is 2.60. The third-order valence-corrected chi connectivity index (χ3v) is 4.69. The molecule has 0 aliphatic heterocycles. The Morgan fingerprint density at radius 1 is 1.16 bits per heavy atom. The van der Waals surface area contributed by atoms with Gasteiger partial charge in [-0.2, -0.15) is 0 Å². The minimum Gasteiger partial charge on any atom is -0.394 e. The zero-order chi connectivity index (χ0) is 17.8. The maximum atomic E-state index is 11.5. The molecule has 1 heterocycles. The van der Waals surface area contributed by atoms with Gasteiger partial charge in [-0.25, -0.2) is 9.97 Å². The van der Waals surface area contributed by atoms with Crippen LogP contribution in [0.25, 0.3) is 0 Å². The van der Waals surface area contributed by atoms with Crippen molar-refractivity contribution in [1.29, 1.82) is 0 Å². The van der Waals surface area contributed by atoms with Crippen molar-refractivity contribution in [3.63, 3.8) is 0 Å². The van der Waals surface area contributed by atoms with E-state index < -0.39 is 0 Å². The second kappa shape index (κ2) is 7.55. The summed E-state index contributed by atoms with van der Waals surface area (Å²) < 4.78 is 0. The highest BCUT2D eigenvalue weighted by atomic mass is 35.5. The van der Waals surface area contributed by atoms with Gasteiger partial charge in [0.2, 0.25) is 0 Å². The van der Waals surface area contributed by atoms with Crippen LogP contribution in [0.15, 0.2) is 64.8 Å². The average molecular weight is 371 g/mol. The Hall–Kier alpha value is -2.57. The molecule has 25 heavy (non-hydrogen) atoms. The molecule has 0 radical (unpaired) electrons. The smallest absolute Gasteiger partial charge is 0.159 e. The quantitative estimate of drug-likeness (QED) is 0.495. The second-order valence-electron chi connectivity index (χ2n) is 5.26. The molecule has 0 saturated heterocycles. The van der Waals surface area contributed by atoms with Crippen LogP contribution in [0.2, 0.25) is 5.02 Å². The van der Waals surface area contributed by atoms with E-state index in [0.29, 0.717) is 27.1 Å². The van der Waals surface area contributed by atoms with Crippen LogP contribution < -0.4 is 11.1 Å². The molecule has 3 N–H and O–H groups in total. The molecule has 5 nitrogen and oxygen atoms in total. The van der Waals surface area contributed by atoms with E-state index in [-0.39, 0.29) is 5.78 Å². The molecule has 0 saturated carbocycles. The van der Waals surface area contributed by atoms with Crippen LogP contribution in [0.4, 0.5) is 17.2 Å². The van der Waals surface area contributed by atoms with E-state index in [0.717, 1.165) is 10.6 Å². The Bertz CT molecular complexity index is 915. The Morgan fingerprint density at radius 3 is 2.64 bits per heavy atom. The molecular weight excluding hydrogens is 356 g/mol. The number of hydrogen-bond donors (Lipinski definition) is 2. The van der Waals surface area contributed by atoms with Crippen molar-refractivity contribution in [3.8, 4) is 0 Å². The van der Waals surface area contributed by atoms with E-state index >= 15 is 0 Å². The Balaban J connectivity index is 1.84. The number of nitrogen functional groups attached to an aromatic ring is 1. The molecule has 0 atom stereocenters. The summed E-state index contributed by atoms with van der Waals surface area (Å²) in [5, 5.41) is 4.46. The third-order valence-electron chi connectivity index (χ3n) is 3.41. The summed E-state index contributed by atoms with van der Waals surface area (Å²) in [6, 6.07) is 14.6. The first-order valence-electron chi connectivity index (χ1n) is 7.45. The number of anilines is 3. The predicted octanol–water partition coefficient (Wildman–Crippen LogP) is 4.81. The highest BCUT2D eigenvalue weighted by Crippen LogP contribution is 2.34. The number of carbonyl (C=O) groups excluding carboxylic acids is 1. The third kappa shape index (κ3) is 4.29. The van der Waals surface area contributed by atoms with Crippen LogP contribution in [0.3, 0.4) is 0 Å². The molecular formula is C18H15ClN4OS. The summed E-state index contributed by atoms with van der Waals surface area (Å²) in [7, 11) is 0. The molecule has 2 aromatic carbocycles. The van der Waals surface area contributed by atoms with E-state index in [4.69, 9.17) is 17.3 Å². The molecule has 0 amide bonds. The van der Waals surface area contributed by atoms with Crippen molar-refractivity contribution in [1.82, 2.24) is 9.97 Å². The number of carbonyl (C=O) groups is 1. The molecule has 3 rings (SSSR count). The first-order valence-corrected chi connectivity index (χ1v) is 8.64. The molecule has 1 aromatic heterocycles. The predicted molar refractivity (Wildman–Crippen MR) is 102 cm³/mol. The van der Waals surface area contributed by atoms with Crippen molar-refractivity contribution in [2.45, 2.75) is 16.8 Å². The lowest BCUT2D eigenvalue weighted by atomic mass is 10.1. The van der Waals surface area contributed by atoms with Crippen LogP contribution in [-0.2, 0) is 0 Å². The van der Waals surface area contributed by atoms with Gasteiger partial charge in [0.15, 0.2) is 11.6 Å². The summed E-state index contributed by atoms with van der Waals surface area (Å²) in [4.78, 5) is 20.9. The molecule has 126 valence electrons. The van der Waals surface area contributed by atoms with Crippen LogP contribution in [0.5, 0.6) is 0 Å². The second-order valence-corrected chi connectivity index (χ2v) is 6.76. The first-order chi connectivity index (χ1) is 12.0. The van der Waals surface area contributed by atoms with Crippen molar-refractivity contribution >= 4 is 46.3 Å². The summed E-state index contributed by atoms with van der Waals surface area (Å²) in [6.07, 6.45) is 1.45. The molecule has 0 aliphatic carbocycles. The Kier molecular flexibility index (Phi) is 5.21. The van der Waals surface area contributed by atoms with E-state index in [1.54, 1.807) is 18.2 Å². The van der Waals surface area contributed by atoms with Gasteiger partial charge in [0, 0.05) is 21.2 Å². The van der Waals surface area contributed by atoms with E-state index in [1.165, 1.54) is 25.0 Å². The number of halogens is 1. The summed E-state index contributed by atoms with van der Waals surface area (Å²) in [5.74, 6) is 0.491. The lowest BCUT2D eigenvalue weighted by Gasteiger charge is -2.11. The lowest BCUT2D eigenvalue weighted by molar-refractivity contribution is 0.101. The highest BCUT2D eigenvalue weighted by molar-refractivity contribution is 7.99. The molecule has 0 fully saturated rings. The van der Waals surface area contributed by atoms with E-state index in [2.05, 4.69) is 15.3 Å². The fraction of sp³-hybridized carbons (Fsp3) is 0.0556. The molecule has 0 aliphatic rings. The van der Waals surface area contributed by atoms with E-state index in [9.17, 15) is 4.79 Å². The maximum absolute atomic E-state index is 11.5. The van der Waals surface area contributed by atoms with Crippen molar-refractivity contribution in [3.05, 3.63) is 65.4 Å². The van der Waals surface area contributed by atoms with Gasteiger partial charge in [-0.05, 0) is 43.3 Å². The van der Waals surface area contributed by atoms with Crippen LogP contribution >= 0.6 is 23.4 Å². The fourth-order valence-corrected chi connectivity index (χ4v) is 3.06. The molecule has 3 aromatic rings. The molecule has 0 spiro atoms. The molecule has 7 heteroatoms. The zero-order valence-electron chi connectivity index (χ0n) is 13.4. The standard InChI is InChI=1S/C18H15ClN4OS/c1-11(24)12-3-2-4-14(9-12)23-17-16(20)18(22-10-21-17)25-15-7-5-13(19)6-8-15/h2-10H,20H2,1H3,(H,21,22,23). The highest BCUT2D eigenvalue weighted by Gasteiger charge is 2.11. The zero-order valence-corrected chi connectivity index (χ0v) is 14.9. The van der Waals surface area contributed by atoms with Gasteiger partial charge in [-0.15, -0.1) is 0 Å². The number of nitrogens with two attached hydrogens (primary N) is 1. The van der Waals surface area contributed by atoms with Gasteiger partial charge in [0.05, 0.1) is 0 Å². The Labute approximate surface area is 154 Å². The minimum absolute atomic E-state index is 0.00158. The largest absolute Gasteiger partial charge is 0.394 e. The minimum atomic E-state index is -0.00158. The number of rotatable bonds is 5. The molecule has 0 unspecified atom stereocenters. The number of ketones is 1. The number of benzene rings is 2. The summed E-state index contributed by atoms with van der Waals surface area (Å²) in [6.45, 7) is 1.53. The normalized spacial score (nSPS) is 10.5. The van der Waals surface area contributed by atoms with Crippen molar-refractivity contribution < 1.29 is 4.79 Å². The van der Waals surface area contributed by atoms with Crippen molar-refractivity contribution in [2.24, 2.45) is 0 Å². The summed E-state index contributed by atoms with van der Waals surface area (Å²) in [5.41, 5.74) is 8.00. The van der Waals surface area contributed by atoms with Gasteiger partial charge < -0.3 is 11.1 Å². The fourth-order valence-electron chi connectivity index (χ4n) is 2.13. The summed E-state index contributed by atoms with van der Waals surface area (Å²) >= 11 is 7.33.